The molecule has 0 aromatic heterocycles. The minimum atomic E-state index is -0.925. The highest BCUT2D eigenvalue weighted by Gasteiger charge is 2.26. The van der Waals surface area contributed by atoms with Crippen LogP contribution in [0.5, 0.6) is 0 Å². The number of ether oxygens (including phenoxy) is 2. The Morgan fingerprint density at radius 1 is 1.25 bits per heavy atom. The van der Waals surface area contributed by atoms with Crippen LogP contribution in [0.2, 0.25) is 0 Å². The first-order valence-electron chi connectivity index (χ1n) is 7.86. The van der Waals surface area contributed by atoms with Crippen molar-refractivity contribution in [2.24, 2.45) is 5.92 Å². The van der Waals surface area contributed by atoms with E-state index in [0.717, 1.165) is 0 Å². The molecule has 0 saturated carbocycles. The lowest BCUT2D eigenvalue weighted by Gasteiger charge is -2.18. The maximum Gasteiger partial charge on any atom is 0.347 e. The fourth-order valence-corrected chi connectivity index (χ4v) is 2.44. The molecular formula is C17H22N2O5. The fourth-order valence-electron chi connectivity index (χ4n) is 2.44. The van der Waals surface area contributed by atoms with Gasteiger partial charge in [0.2, 0.25) is 0 Å². The number of esters is 2. The van der Waals surface area contributed by atoms with Crippen LogP contribution < -0.4 is 10.2 Å². The van der Waals surface area contributed by atoms with Crippen LogP contribution in [0.25, 0.3) is 0 Å². The number of carbonyl (C=O) groups excluding carboxylic acids is 3. The second-order valence-corrected chi connectivity index (χ2v) is 5.98. The van der Waals surface area contributed by atoms with Crippen LogP contribution in [0.3, 0.4) is 0 Å². The smallest absolute Gasteiger partial charge is 0.347 e. The molecule has 1 unspecified atom stereocenters. The van der Waals surface area contributed by atoms with Gasteiger partial charge in [0.05, 0.1) is 12.7 Å². The lowest BCUT2D eigenvalue weighted by atomic mass is 10.1. The van der Waals surface area contributed by atoms with Gasteiger partial charge in [0, 0.05) is 18.8 Å². The monoisotopic (exact) mass is 334 g/mol. The maximum absolute atomic E-state index is 12.2. The Labute approximate surface area is 140 Å². The number of nitrogens with zero attached hydrogens (tertiary/aromatic N) is 1. The van der Waals surface area contributed by atoms with Crippen LogP contribution in [0.4, 0.5) is 10.5 Å². The van der Waals surface area contributed by atoms with E-state index in [1.807, 2.05) is 13.8 Å². The van der Waals surface area contributed by atoms with Crippen LogP contribution in [-0.4, -0.2) is 44.3 Å². The van der Waals surface area contributed by atoms with Crippen molar-refractivity contribution >= 4 is 23.7 Å². The van der Waals surface area contributed by atoms with E-state index in [9.17, 15) is 14.4 Å². The average Bonchev–Trinajstić information content (AvgIpc) is 2.99. The Morgan fingerprint density at radius 2 is 1.92 bits per heavy atom. The van der Waals surface area contributed by atoms with Crippen molar-refractivity contribution in [1.82, 2.24) is 5.32 Å². The van der Waals surface area contributed by atoms with E-state index >= 15 is 0 Å². The molecule has 130 valence electrons. The molecule has 7 heteroatoms. The molecule has 0 radical (unpaired) electrons. The van der Waals surface area contributed by atoms with Crippen LogP contribution in [0.1, 0.15) is 30.6 Å². The highest BCUT2D eigenvalue weighted by Crippen LogP contribution is 2.19. The van der Waals surface area contributed by atoms with Crippen molar-refractivity contribution < 1.29 is 23.9 Å². The van der Waals surface area contributed by atoms with E-state index in [1.54, 1.807) is 29.2 Å². The Kier molecular flexibility index (Phi) is 5.78. The molecule has 1 heterocycles. The molecule has 1 N–H and O–H groups in total. The molecule has 1 aromatic rings. The summed E-state index contributed by atoms with van der Waals surface area (Å²) in [6, 6.07) is 6.35. The summed E-state index contributed by atoms with van der Waals surface area (Å²) >= 11 is 0. The standard InChI is InChI=1S/C17H22N2O5/c1-11(2)10-14(16(21)23-3)24-15(20)12-4-6-13(7-5-12)19-9-8-18-17(19)22/h4-7,11,14H,8-10H2,1-3H3,(H,18,22). The number of anilines is 1. The van der Waals surface area contributed by atoms with Gasteiger partial charge in [-0.2, -0.15) is 0 Å². The largest absolute Gasteiger partial charge is 0.466 e. The zero-order chi connectivity index (χ0) is 17.7. The van der Waals surface area contributed by atoms with Gasteiger partial charge in [0.25, 0.3) is 0 Å². The van der Waals surface area contributed by atoms with Crippen LogP contribution in [-0.2, 0) is 14.3 Å². The highest BCUT2D eigenvalue weighted by atomic mass is 16.6. The number of hydrogen-bond acceptors (Lipinski definition) is 5. The molecule has 2 amide bonds. The molecule has 1 aliphatic heterocycles. The van der Waals surface area contributed by atoms with Crippen molar-refractivity contribution in [2.45, 2.75) is 26.4 Å². The number of hydrogen-bond donors (Lipinski definition) is 1. The molecule has 1 saturated heterocycles. The molecule has 1 aliphatic rings. The zero-order valence-corrected chi connectivity index (χ0v) is 14.1. The van der Waals surface area contributed by atoms with Crippen molar-refractivity contribution in [3.05, 3.63) is 29.8 Å². The van der Waals surface area contributed by atoms with Gasteiger partial charge < -0.3 is 14.8 Å². The SMILES string of the molecule is COC(=O)C(CC(C)C)OC(=O)c1ccc(N2CCNC2=O)cc1. The third kappa shape index (κ3) is 4.24. The van der Waals surface area contributed by atoms with E-state index in [0.29, 0.717) is 30.8 Å². The predicted molar refractivity (Wildman–Crippen MR) is 87.9 cm³/mol. The summed E-state index contributed by atoms with van der Waals surface area (Å²) in [4.78, 5) is 37.2. The molecule has 7 nitrogen and oxygen atoms in total. The summed E-state index contributed by atoms with van der Waals surface area (Å²) in [5.41, 5.74) is 1.02. The van der Waals surface area contributed by atoms with Crippen molar-refractivity contribution in [1.29, 1.82) is 0 Å². The van der Waals surface area contributed by atoms with Crippen LogP contribution >= 0.6 is 0 Å². The van der Waals surface area contributed by atoms with Crippen LogP contribution in [0, 0.1) is 5.92 Å². The molecular weight excluding hydrogens is 312 g/mol. The van der Waals surface area contributed by atoms with E-state index < -0.39 is 18.0 Å². The van der Waals surface area contributed by atoms with Gasteiger partial charge in [0.1, 0.15) is 0 Å². The molecule has 24 heavy (non-hydrogen) atoms. The van der Waals surface area contributed by atoms with E-state index in [4.69, 9.17) is 4.74 Å². The van der Waals surface area contributed by atoms with Gasteiger partial charge >= 0.3 is 18.0 Å². The molecule has 1 aromatic carbocycles. The maximum atomic E-state index is 12.2. The van der Waals surface area contributed by atoms with Crippen molar-refractivity contribution in [3.8, 4) is 0 Å². The third-order valence-electron chi connectivity index (χ3n) is 3.67. The van der Waals surface area contributed by atoms with Gasteiger partial charge in [-0.15, -0.1) is 0 Å². The summed E-state index contributed by atoms with van der Waals surface area (Å²) in [6.07, 6.45) is -0.531. The van der Waals surface area contributed by atoms with E-state index in [-0.39, 0.29) is 11.9 Å². The minimum absolute atomic E-state index is 0.159. The van der Waals surface area contributed by atoms with Gasteiger partial charge in [-0.05, 0) is 36.6 Å². The van der Waals surface area contributed by atoms with Crippen molar-refractivity contribution in [3.63, 3.8) is 0 Å². The quantitative estimate of drug-likeness (QED) is 0.804. The zero-order valence-electron chi connectivity index (χ0n) is 14.1. The molecule has 2 rings (SSSR count). The molecule has 0 aliphatic carbocycles. The number of amides is 2. The topological polar surface area (TPSA) is 84.9 Å². The Hall–Kier alpha value is -2.57. The summed E-state index contributed by atoms with van der Waals surface area (Å²) in [5.74, 6) is -0.983. The number of carbonyl (C=O) groups is 3. The first-order valence-corrected chi connectivity index (χ1v) is 7.86. The number of urea groups is 1. The lowest BCUT2D eigenvalue weighted by molar-refractivity contribution is -0.151. The first kappa shape index (κ1) is 17.8. The van der Waals surface area contributed by atoms with Gasteiger partial charge in [0.15, 0.2) is 6.10 Å². The van der Waals surface area contributed by atoms with E-state index in [1.165, 1.54) is 7.11 Å². The highest BCUT2D eigenvalue weighted by molar-refractivity contribution is 5.95. The second-order valence-electron chi connectivity index (χ2n) is 5.98. The Morgan fingerprint density at radius 3 is 2.42 bits per heavy atom. The molecule has 1 fully saturated rings. The van der Waals surface area contributed by atoms with Gasteiger partial charge in [-0.3, -0.25) is 4.90 Å². The van der Waals surface area contributed by atoms with Gasteiger partial charge in [-0.1, -0.05) is 13.8 Å². The number of benzene rings is 1. The van der Waals surface area contributed by atoms with Crippen LogP contribution in [0.15, 0.2) is 24.3 Å². The normalized spacial score (nSPS) is 15.2. The lowest BCUT2D eigenvalue weighted by Crippen LogP contribution is -2.30. The Bertz CT molecular complexity index is 612. The summed E-state index contributed by atoms with van der Waals surface area (Å²) in [5, 5.41) is 2.71. The third-order valence-corrected chi connectivity index (χ3v) is 3.67. The van der Waals surface area contributed by atoms with E-state index in [2.05, 4.69) is 10.1 Å². The van der Waals surface area contributed by atoms with Crippen molar-refractivity contribution in [2.75, 3.05) is 25.1 Å². The number of nitrogens with one attached hydrogen (secondary N) is 1. The average molecular weight is 334 g/mol. The summed E-state index contributed by atoms with van der Waals surface area (Å²) < 4.78 is 9.96. The fraction of sp³-hybridized carbons (Fsp3) is 0.471. The second kappa shape index (κ2) is 7.81. The molecule has 0 bridgehead atoms. The summed E-state index contributed by atoms with van der Waals surface area (Å²) in [7, 11) is 1.26. The minimum Gasteiger partial charge on any atom is -0.466 e. The number of rotatable bonds is 6. The van der Waals surface area contributed by atoms with Gasteiger partial charge in [-0.25, -0.2) is 14.4 Å². The molecule has 1 atom stereocenters. The summed E-state index contributed by atoms with van der Waals surface area (Å²) in [6.45, 7) is 5.04. The molecule has 0 spiro atoms. The number of methoxy groups -OCH3 is 1. The predicted octanol–water partition coefficient (Wildman–Crippen LogP) is 1.96. The Balaban J connectivity index is 2.05. The first-order chi connectivity index (χ1) is 11.4.